The van der Waals surface area contributed by atoms with E-state index in [4.69, 9.17) is 4.74 Å². The van der Waals surface area contributed by atoms with Crippen molar-refractivity contribution < 1.29 is 14.3 Å². The lowest BCUT2D eigenvalue weighted by molar-refractivity contribution is -0.126. The molecule has 2 rings (SSSR count). The molecule has 0 bridgehead atoms. The third kappa shape index (κ3) is 3.34. The van der Waals surface area contributed by atoms with Crippen molar-refractivity contribution in [1.82, 2.24) is 20.5 Å². The van der Waals surface area contributed by atoms with Crippen LogP contribution < -0.4 is 15.4 Å². The minimum absolute atomic E-state index is 0.145. The van der Waals surface area contributed by atoms with Crippen molar-refractivity contribution >= 4 is 11.9 Å². The third-order valence-electron chi connectivity index (χ3n) is 4.20. The molecule has 2 heterocycles. The normalized spacial score (nSPS) is 17.2. The van der Waals surface area contributed by atoms with Gasteiger partial charge in [-0.3, -0.25) is 9.78 Å². The van der Waals surface area contributed by atoms with E-state index in [1.807, 2.05) is 13.8 Å². The molecule has 1 aromatic rings. The van der Waals surface area contributed by atoms with E-state index in [-0.39, 0.29) is 18.0 Å². The molecule has 2 N–H and O–H groups in total. The summed E-state index contributed by atoms with van der Waals surface area (Å²) in [7, 11) is 3.35. The van der Waals surface area contributed by atoms with Gasteiger partial charge in [-0.15, -0.1) is 0 Å². The number of nitrogens with one attached hydrogen (secondary N) is 2. The lowest BCUT2D eigenvalue weighted by Crippen LogP contribution is -2.50. The summed E-state index contributed by atoms with van der Waals surface area (Å²) < 4.78 is 5.41. The highest BCUT2D eigenvalue weighted by Crippen LogP contribution is 2.25. The number of methoxy groups -OCH3 is 1. The van der Waals surface area contributed by atoms with Gasteiger partial charge in [-0.2, -0.15) is 0 Å². The average Bonchev–Trinajstić information content (AvgIpc) is 2.49. The van der Waals surface area contributed by atoms with Gasteiger partial charge >= 0.3 is 6.03 Å². The second-order valence-electron chi connectivity index (χ2n) is 6.07. The number of rotatable bonds is 4. The molecule has 0 fully saturated rings. The predicted octanol–water partition coefficient (Wildman–Crippen LogP) is 1.64. The number of amides is 3. The fraction of sp³-hybridized carbons (Fsp3) is 0.471. The SMILES string of the molecule is COc1c(C)cnc(CN(C)C(=O)C2=C(C)NC(=O)NC2C)c1C. The number of likely N-dealkylation sites (N-methyl/N-ethyl adjacent to an activating group) is 1. The van der Waals surface area contributed by atoms with Gasteiger partial charge in [-0.1, -0.05) is 0 Å². The minimum Gasteiger partial charge on any atom is -0.496 e. The molecule has 3 amide bonds. The first-order chi connectivity index (χ1) is 11.3. The molecule has 7 nitrogen and oxygen atoms in total. The van der Waals surface area contributed by atoms with Crippen LogP contribution in [-0.2, 0) is 11.3 Å². The maximum absolute atomic E-state index is 12.8. The zero-order chi connectivity index (χ0) is 18.0. The van der Waals surface area contributed by atoms with Gasteiger partial charge in [0.1, 0.15) is 5.75 Å². The van der Waals surface area contributed by atoms with Crippen LogP contribution in [0.15, 0.2) is 17.5 Å². The highest BCUT2D eigenvalue weighted by Gasteiger charge is 2.29. The summed E-state index contributed by atoms with van der Waals surface area (Å²) in [6.07, 6.45) is 1.75. The molecule has 7 heteroatoms. The lowest BCUT2D eigenvalue weighted by Gasteiger charge is -2.28. The van der Waals surface area contributed by atoms with Crippen molar-refractivity contribution in [2.24, 2.45) is 0 Å². The van der Waals surface area contributed by atoms with Gasteiger partial charge in [0.25, 0.3) is 5.91 Å². The second-order valence-corrected chi connectivity index (χ2v) is 6.07. The van der Waals surface area contributed by atoms with Crippen LogP contribution in [0, 0.1) is 13.8 Å². The first kappa shape index (κ1) is 17.8. The van der Waals surface area contributed by atoms with Crippen molar-refractivity contribution in [2.75, 3.05) is 14.2 Å². The molecule has 1 aromatic heterocycles. The maximum atomic E-state index is 12.8. The van der Waals surface area contributed by atoms with Crippen molar-refractivity contribution in [3.8, 4) is 5.75 Å². The highest BCUT2D eigenvalue weighted by molar-refractivity contribution is 5.98. The largest absolute Gasteiger partial charge is 0.496 e. The molecule has 0 saturated heterocycles. The molecule has 24 heavy (non-hydrogen) atoms. The monoisotopic (exact) mass is 332 g/mol. The number of aromatic nitrogens is 1. The number of carbonyl (C=O) groups is 2. The minimum atomic E-state index is -0.338. The quantitative estimate of drug-likeness (QED) is 0.878. The molecule has 130 valence electrons. The Balaban J connectivity index is 2.24. The van der Waals surface area contributed by atoms with E-state index in [1.165, 1.54) is 0 Å². The Hall–Kier alpha value is -2.57. The molecule has 0 aliphatic carbocycles. The molecular formula is C17H24N4O3. The third-order valence-corrected chi connectivity index (χ3v) is 4.20. The molecule has 1 aliphatic heterocycles. The van der Waals surface area contributed by atoms with Crippen LogP contribution in [0.1, 0.15) is 30.7 Å². The van der Waals surface area contributed by atoms with Crippen LogP contribution in [0.25, 0.3) is 0 Å². The topological polar surface area (TPSA) is 83.6 Å². The van der Waals surface area contributed by atoms with Crippen molar-refractivity contribution in [2.45, 2.75) is 40.3 Å². The Morgan fingerprint density at radius 3 is 2.62 bits per heavy atom. The van der Waals surface area contributed by atoms with Crippen LogP contribution in [0.5, 0.6) is 5.75 Å². The number of hydrogen-bond acceptors (Lipinski definition) is 4. The first-order valence-corrected chi connectivity index (χ1v) is 7.79. The maximum Gasteiger partial charge on any atom is 0.319 e. The van der Waals surface area contributed by atoms with Crippen LogP contribution in [0.2, 0.25) is 0 Å². The van der Waals surface area contributed by atoms with E-state index < -0.39 is 0 Å². The van der Waals surface area contributed by atoms with Gasteiger partial charge in [0, 0.05) is 30.1 Å². The Kier molecular flexibility index (Phi) is 5.11. The number of ether oxygens (including phenoxy) is 1. The van der Waals surface area contributed by atoms with Gasteiger partial charge < -0.3 is 20.3 Å². The average molecular weight is 332 g/mol. The van der Waals surface area contributed by atoms with Crippen LogP contribution in [0.4, 0.5) is 4.79 Å². The molecule has 0 aromatic carbocycles. The molecule has 1 unspecified atom stereocenters. The molecule has 0 saturated carbocycles. The number of aryl methyl sites for hydroxylation is 1. The molecule has 1 aliphatic rings. The standard InChI is InChI=1S/C17H24N4O3/c1-9-7-18-13(10(2)15(9)24-6)8-21(5)16(22)14-11(3)19-17(23)20-12(14)4/h7,11H,8H2,1-6H3,(H2,19,20,23). The summed E-state index contributed by atoms with van der Waals surface area (Å²) in [6.45, 7) is 7.75. The van der Waals surface area contributed by atoms with Crippen LogP contribution in [0.3, 0.4) is 0 Å². The summed E-state index contributed by atoms with van der Waals surface area (Å²) in [4.78, 5) is 30.3. The van der Waals surface area contributed by atoms with Crippen molar-refractivity contribution in [1.29, 1.82) is 0 Å². The highest BCUT2D eigenvalue weighted by atomic mass is 16.5. The smallest absolute Gasteiger partial charge is 0.319 e. The van der Waals surface area contributed by atoms with Crippen LogP contribution >= 0.6 is 0 Å². The van der Waals surface area contributed by atoms with Crippen molar-refractivity contribution in [3.63, 3.8) is 0 Å². The van der Waals surface area contributed by atoms with E-state index >= 15 is 0 Å². The van der Waals surface area contributed by atoms with E-state index in [1.54, 1.807) is 39.1 Å². The van der Waals surface area contributed by atoms with Gasteiger partial charge in [0.15, 0.2) is 0 Å². The molecule has 1 atom stereocenters. The Bertz CT molecular complexity index is 712. The number of urea groups is 1. The zero-order valence-corrected chi connectivity index (χ0v) is 15.0. The number of nitrogens with zero attached hydrogens (tertiary/aromatic N) is 2. The van der Waals surface area contributed by atoms with Crippen molar-refractivity contribution in [3.05, 3.63) is 34.3 Å². The zero-order valence-electron chi connectivity index (χ0n) is 15.0. The van der Waals surface area contributed by atoms with Gasteiger partial charge in [0.2, 0.25) is 0 Å². The fourth-order valence-corrected chi connectivity index (χ4v) is 2.95. The van der Waals surface area contributed by atoms with Crippen LogP contribution in [-0.4, -0.2) is 42.0 Å². The summed E-state index contributed by atoms with van der Waals surface area (Å²) in [5, 5.41) is 5.35. The number of allylic oxidation sites excluding steroid dienone is 1. The Morgan fingerprint density at radius 2 is 2.04 bits per heavy atom. The fourth-order valence-electron chi connectivity index (χ4n) is 2.95. The second kappa shape index (κ2) is 6.90. The summed E-state index contributed by atoms with van der Waals surface area (Å²) in [5.41, 5.74) is 3.79. The Morgan fingerprint density at radius 1 is 1.38 bits per heavy atom. The summed E-state index contributed by atoms with van der Waals surface area (Å²) in [6, 6.07) is -0.629. The van der Waals surface area contributed by atoms with E-state index in [2.05, 4.69) is 15.6 Å². The predicted molar refractivity (Wildman–Crippen MR) is 90.6 cm³/mol. The van der Waals surface area contributed by atoms with E-state index in [0.29, 0.717) is 17.8 Å². The number of hydrogen-bond donors (Lipinski definition) is 2. The van der Waals surface area contributed by atoms with E-state index in [0.717, 1.165) is 22.6 Å². The summed E-state index contributed by atoms with van der Waals surface area (Å²) in [5.74, 6) is 0.643. The molecular weight excluding hydrogens is 308 g/mol. The number of carbonyl (C=O) groups excluding carboxylic acids is 2. The lowest BCUT2D eigenvalue weighted by atomic mass is 10.0. The Labute approximate surface area is 142 Å². The van der Waals surface area contributed by atoms with Gasteiger partial charge in [-0.05, 0) is 27.7 Å². The van der Waals surface area contributed by atoms with Gasteiger partial charge in [0.05, 0.1) is 31.0 Å². The first-order valence-electron chi connectivity index (χ1n) is 7.79. The number of pyridine rings is 1. The molecule has 0 radical (unpaired) electrons. The van der Waals surface area contributed by atoms with Gasteiger partial charge in [-0.25, -0.2) is 4.79 Å². The molecule has 0 spiro atoms. The summed E-state index contributed by atoms with van der Waals surface area (Å²) >= 11 is 0. The van der Waals surface area contributed by atoms with E-state index in [9.17, 15) is 9.59 Å².